The molecule has 2 amide bonds. The topological polar surface area (TPSA) is 129 Å². The third-order valence-corrected chi connectivity index (χ3v) is 6.92. The van der Waals surface area contributed by atoms with Gasteiger partial charge in [-0.25, -0.2) is 9.97 Å². The summed E-state index contributed by atoms with van der Waals surface area (Å²) in [5.41, 5.74) is 4.59. The van der Waals surface area contributed by atoms with Gasteiger partial charge in [0, 0.05) is 37.0 Å². The first-order valence-corrected chi connectivity index (χ1v) is 12.9. The number of rotatable bonds is 8. The van der Waals surface area contributed by atoms with Crippen molar-refractivity contribution >= 4 is 35.1 Å². The lowest BCUT2D eigenvalue weighted by Crippen LogP contribution is -2.40. The maximum absolute atomic E-state index is 13.2. The second-order valence-corrected chi connectivity index (χ2v) is 10.0. The molecule has 0 unspecified atom stereocenters. The van der Waals surface area contributed by atoms with Crippen LogP contribution in [0.25, 0.3) is 11.3 Å². The standard InChI is InChI=1S/C29H27ClN6O4/c1-17-4-3-5-18(10-17)24(16-37)33-25(38)15-36-13-20-7-6-19(11-22(20)28(36)40)27-23(30)12-31-29(34-27)32-21-8-9-26(39)35(2)14-21/h3-12,14,24,37H,13,15-16H2,1-2H3,(H,33,38)(H,31,32,34)/t24-/m1/s1. The zero-order chi connectivity index (χ0) is 28.4. The molecule has 0 aliphatic carbocycles. The number of hydrogen-bond acceptors (Lipinski definition) is 7. The van der Waals surface area contributed by atoms with Crippen molar-refractivity contribution in [2.24, 2.45) is 7.05 Å². The van der Waals surface area contributed by atoms with Gasteiger partial charge in [-0.2, -0.15) is 0 Å². The SMILES string of the molecule is Cc1cccc([C@@H](CO)NC(=O)CN2Cc3ccc(-c4nc(Nc5ccc(=O)n(C)c5)ncc4Cl)cc3C2=O)c1. The van der Waals surface area contributed by atoms with Gasteiger partial charge in [0.1, 0.15) is 6.54 Å². The summed E-state index contributed by atoms with van der Waals surface area (Å²) in [4.78, 5) is 47.9. The first kappa shape index (κ1) is 27.0. The Kier molecular flexibility index (Phi) is 7.63. The summed E-state index contributed by atoms with van der Waals surface area (Å²) < 4.78 is 1.43. The number of benzene rings is 2. The predicted octanol–water partition coefficient (Wildman–Crippen LogP) is 3.35. The predicted molar refractivity (Wildman–Crippen MR) is 151 cm³/mol. The molecule has 1 aliphatic heterocycles. The summed E-state index contributed by atoms with van der Waals surface area (Å²) in [6.07, 6.45) is 3.09. The van der Waals surface area contributed by atoms with Crippen LogP contribution in [0.4, 0.5) is 11.6 Å². The fourth-order valence-corrected chi connectivity index (χ4v) is 4.80. The van der Waals surface area contributed by atoms with Crippen LogP contribution in [0.2, 0.25) is 5.02 Å². The number of aliphatic hydroxyl groups is 1. The van der Waals surface area contributed by atoms with Gasteiger partial charge in [0.05, 0.1) is 35.2 Å². The quantitative estimate of drug-likeness (QED) is 0.302. The maximum Gasteiger partial charge on any atom is 0.254 e. The number of aliphatic hydroxyl groups excluding tert-OH is 1. The van der Waals surface area contributed by atoms with E-state index < -0.39 is 6.04 Å². The van der Waals surface area contributed by atoms with E-state index in [2.05, 4.69) is 20.6 Å². The van der Waals surface area contributed by atoms with Gasteiger partial charge in [0.15, 0.2) is 0 Å². The smallest absolute Gasteiger partial charge is 0.254 e. The maximum atomic E-state index is 13.2. The molecule has 40 heavy (non-hydrogen) atoms. The number of carbonyl (C=O) groups is 2. The summed E-state index contributed by atoms with van der Waals surface area (Å²) in [5, 5.41) is 16.0. The lowest BCUT2D eigenvalue weighted by Gasteiger charge is -2.20. The van der Waals surface area contributed by atoms with Gasteiger partial charge in [-0.15, -0.1) is 0 Å². The number of fused-ring (bicyclic) bond motifs is 1. The Bertz CT molecular complexity index is 1670. The molecule has 0 saturated heterocycles. The minimum Gasteiger partial charge on any atom is -0.394 e. The Morgan fingerprint density at radius 3 is 2.73 bits per heavy atom. The molecule has 0 saturated carbocycles. The van der Waals surface area contributed by atoms with Crippen LogP contribution in [0, 0.1) is 6.92 Å². The highest BCUT2D eigenvalue weighted by atomic mass is 35.5. The Morgan fingerprint density at radius 2 is 1.98 bits per heavy atom. The summed E-state index contributed by atoms with van der Waals surface area (Å²) >= 11 is 6.42. The van der Waals surface area contributed by atoms with E-state index in [9.17, 15) is 19.5 Å². The highest BCUT2D eigenvalue weighted by molar-refractivity contribution is 6.33. The van der Waals surface area contributed by atoms with Crippen molar-refractivity contribution in [1.29, 1.82) is 0 Å². The molecule has 0 fully saturated rings. The van der Waals surface area contributed by atoms with Crippen LogP contribution in [-0.2, 0) is 18.4 Å². The van der Waals surface area contributed by atoms with Gasteiger partial charge in [0.25, 0.3) is 5.91 Å². The van der Waals surface area contributed by atoms with Crippen LogP contribution in [0.5, 0.6) is 0 Å². The normalized spacial score (nSPS) is 13.2. The Labute approximate surface area is 235 Å². The minimum absolute atomic E-state index is 0.142. The van der Waals surface area contributed by atoms with Crippen molar-refractivity contribution in [2.45, 2.75) is 19.5 Å². The van der Waals surface area contributed by atoms with E-state index in [1.807, 2.05) is 43.3 Å². The molecule has 0 spiro atoms. The number of nitrogens with zero attached hydrogens (tertiary/aromatic N) is 4. The van der Waals surface area contributed by atoms with Crippen molar-refractivity contribution in [3.63, 3.8) is 0 Å². The molecule has 2 aromatic carbocycles. The Balaban J connectivity index is 1.31. The Morgan fingerprint density at radius 1 is 1.15 bits per heavy atom. The van der Waals surface area contributed by atoms with E-state index in [1.54, 1.807) is 25.4 Å². The minimum atomic E-state index is -0.567. The molecule has 11 heteroatoms. The number of aromatic nitrogens is 3. The second kappa shape index (κ2) is 11.3. The number of hydrogen-bond donors (Lipinski definition) is 3. The number of halogens is 1. The zero-order valence-corrected chi connectivity index (χ0v) is 22.6. The molecule has 10 nitrogen and oxygen atoms in total. The highest BCUT2D eigenvalue weighted by Crippen LogP contribution is 2.32. The number of amides is 2. The summed E-state index contributed by atoms with van der Waals surface area (Å²) in [5.74, 6) is -0.373. The molecule has 3 N–H and O–H groups in total. The van der Waals surface area contributed by atoms with Crippen LogP contribution in [0.3, 0.4) is 0 Å². The molecule has 0 radical (unpaired) electrons. The fraction of sp³-hybridized carbons (Fsp3) is 0.207. The molecule has 5 rings (SSSR count). The van der Waals surface area contributed by atoms with Crippen LogP contribution in [0.1, 0.15) is 33.1 Å². The largest absolute Gasteiger partial charge is 0.394 e. The Hall–Kier alpha value is -4.54. The number of aryl methyl sites for hydroxylation is 2. The zero-order valence-electron chi connectivity index (χ0n) is 21.9. The number of nitrogens with one attached hydrogen (secondary N) is 2. The van der Waals surface area contributed by atoms with Crippen molar-refractivity contribution in [1.82, 2.24) is 24.8 Å². The molecule has 4 aromatic rings. The molecule has 3 heterocycles. The summed E-state index contributed by atoms with van der Waals surface area (Å²) in [6, 6.07) is 15.4. The van der Waals surface area contributed by atoms with Crippen molar-refractivity contribution in [3.05, 3.63) is 105 Å². The highest BCUT2D eigenvalue weighted by Gasteiger charge is 2.30. The van der Waals surface area contributed by atoms with Gasteiger partial charge >= 0.3 is 0 Å². The van der Waals surface area contributed by atoms with Crippen LogP contribution in [-0.4, -0.2) is 49.5 Å². The number of pyridine rings is 1. The average Bonchev–Trinajstić information content (AvgIpc) is 3.24. The van der Waals surface area contributed by atoms with E-state index in [0.29, 0.717) is 27.5 Å². The first-order valence-electron chi connectivity index (χ1n) is 12.6. The molecule has 1 atom stereocenters. The first-order chi connectivity index (χ1) is 19.2. The lowest BCUT2D eigenvalue weighted by molar-refractivity contribution is -0.122. The van der Waals surface area contributed by atoms with Crippen molar-refractivity contribution < 1.29 is 14.7 Å². The average molecular weight is 559 g/mol. The van der Waals surface area contributed by atoms with E-state index in [-0.39, 0.29) is 43.0 Å². The summed E-state index contributed by atoms with van der Waals surface area (Å²) in [7, 11) is 1.64. The fourth-order valence-electron chi connectivity index (χ4n) is 4.60. The van der Waals surface area contributed by atoms with Crippen molar-refractivity contribution in [3.8, 4) is 11.3 Å². The molecule has 2 aromatic heterocycles. The summed E-state index contributed by atoms with van der Waals surface area (Å²) in [6.45, 7) is 1.82. The monoisotopic (exact) mass is 558 g/mol. The van der Waals surface area contributed by atoms with Gasteiger partial charge in [-0.3, -0.25) is 14.4 Å². The van der Waals surface area contributed by atoms with Crippen LogP contribution < -0.4 is 16.2 Å². The number of carbonyl (C=O) groups excluding carboxylic acids is 2. The van der Waals surface area contributed by atoms with E-state index >= 15 is 0 Å². The van der Waals surface area contributed by atoms with E-state index in [0.717, 1.165) is 16.7 Å². The van der Waals surface area contributed by atoms with Gasteiger partial charge in [-0.05, 0) is 30.2 Å². The third kappa shape index (κ3) is 5.73. The lowest BCUT2D eigenvalue weighted by atomic mass is 10.0. The third-order valence-electron chi connectivity index (χ3n) is 6.64. The number of anilines is 2. The molecule has 0 bridgehead atoms. The molecule has 1 aliphatic rings. The van der Waals surface area contributed by atoms with Gasteiger partial charge in [0.2, 0.25) is 17.4 Å². The van der Waals surface area contributed by atoms with Gasteiger partial charge < -0.3 is 25.2 Å². The van der Waals surface area contributed by atoms with Gasteiger partial charge in [-0.1, -0.05) is 53.6 Å². The molecule has 204 valence electrons. The van der Waals surface area contributed by atoms with Crippen molar-refractivity contribution in [2.75, 3.05) is 18.5 Å². The van der Waals surface area contributed by atoms with E-state index in [1.165, 1.54) is 21.7 Å². The van der Waals surface area contributed by atoms with Crippen LogP contribution in [0.15, 0.2) is 71.8 Å². The molecular weight excluding hydrogens is 532 g/mol. The molecular formula is C29H27ClN6O4. The van der Waals surface area contributed by atoms with E-state index in [4.69, 9.17) is 11.6 Å². The van der Waals surface area contributed by atoms with Crippen LogP contribution >= 0.6 is 11.6 Å². The second-order valence-electron chi connectivity index (χ2n) is 9.63.